The molecule has 0 atom stereocenters. The summed E-state index contributed by atoms with van der Waals surface area (Å²) >= 11 is 7.41. The molecule has 0 bridgehead atoms. The number of thiophene rings is 1. The monoisotopic (exact) mass is 364 g/mol. The molecule has 2 rings (SSSR count). The molecule has 1 heterocycles. The van der Waals surface area contributed by atoms with Crippen LogP contribution < -0.4 is 10.6 Å². The maximum atomic E-state index is 12.1. The van der Waals surface area contributed by atoms with Crippen molar-refractivity contribution in [2.45, 2.75) is 0 Å². The molecule has 0 fully saturated rings. The molecule has 0 saturated heterocycles. The van der Waals surface area contributed by atoms with E-state index in [2.05, 4.69) is 16.6 Å². The van der Waals surface area contributed by atoms with Crippen molar-refractivity contribution in [3.63, 3.8) is 0 Å². The average Bonchev–Trinajstić information content (AvgIpc) is 2.93. The summed E-state index contributed by atoms with van der Waals surface area (Å²) in [5.74, 6) is 0.490. The molecule has 2 amide bonds. The standard InChI is InChI=1S/C16H13ClN2O4S/c1-2-7-18-12(20)9-23-13(21)8-19-16(22)15-14(17)10-5-3-4-6-11(10)24-15/h1,3-6H,7-9H2,(H,18,20)(H,19,22). The quantitative estimate of drug-likeness (QED) is 0.602. The third kappa shape index (κ3) is 4.47. The summed E-state index contributed by atoms with van der Waals surface area (Å²) in [6.07, 6.45) is 4.98. The molecule has 6 nitrogen and oxygen atoms in total. The number of carbonyl (C=O) groups excluding carboxylic acids is 3. The zero-order chi connectivity index (χ0) is 17.5. The highest BCUT2D eigenvalue weighted by molar-refractivity contribution is 7.21. The summed E-state index contributed by atoms with van der Waals surface area (Å²) in [5, 5.41) is 5.88. The summed E-state index contributed by atoms with van der Waals surface area (Å²) in [6.45, 7) is -0.774. The molecule has 24 heavy (non-hydrogen) atoms. The van der Waals surface area contributed by atoms with Gasteiger partial charge in [-0.1, -0.05) is 35.7 Å². The van der Waals surface area contributed by atoms with Crippen LogP contribution in [0.25, 0.3) is 10.1 Å². The van der Waals surface area contributed by atoms with E-state index >= 15 is 0 Å². The van der Waals surface area contributed by atoms with Crippen LogP contribution in [0.3, 0.4) is 0 Å². The first-order chi connectivity index (χ1) is 11.5. The predicted octanol–water partition coefficient (Wildman–Crippen LogP) is 1.58. The number of hydrogen-bond acceptors (Lipinski definition) is 5. The second-order valence-electron chi connectivity index (χ2n) is 4.57. The average molecular weight is 365 g/mol. The normalized spacial score (nSPS) is 10.0. The summed E-state index contributed by atoms with van der Waals surface area (Å²) in [6, 6.07) is 7.34. The number of terminal acetylenes is 1. The zero-order valence-electron chi connectivity index (χ0n) is 12.4. The van der Waals surface area contributed by atoms with E-state index in [4.69, 9.17) is 22.8 Å². The van der Waals surface area contributed by atoms with Gasteiger partial charge >= 0.3 is 5.97 Å². The van der Waals surface area contributed by atoms with Gasteiger partial charge in [-0.15, -0.1) is 17.8 Å². The molecule has 0 aliphatic heterocycles. The number of fused-ring (bicyclic) bond motifs is 1. The topological polar surface area (TPSA) is 84.5 Å². The van der Waals surface area contributed by atoms with Crippen molar-refractivity contribution in [1.82, 2.24) is 10.6 Å². The molecular formula is C16H13ClN2O4S. The highest BCUT2D eigenvalue weighted by Gasteiger charge is 2.18. The SMILES string of the molecule is C#CCNC(=O)COC(=O)CNC(=O)c1sc2ccccc2c1Cl. The van der Waals surface area contributed by atoms with Crippen molar-refractivity contribution in [1.29, 1.82) is 0 Å². The lowest BCUT2D eigenvalue weighted by Crippen LogP contribution is -2.33. The molecule has 0 aliphatic rings. The molecule has 0 spiro atoms. The lowest BCUT2D eigenvalue weighted by Gasteiger charge is -2.06. The number of esters is 1. The molecule has 0 saturated carbocycles. The van der Waals surface area contributed by atoms with Gasteiger partial charge in [0, 0.05) is 10.1 Å². The van der Waals surface area contributed by atoms with E-state index in [1.165, 1.54) is 11.3 Å². The maximum Gasteiger partial charge on any atom is 0.325 e. The smallest absolute Gasteiger partial charge is 0.325 e. The fraction of sp³-hybridized carbons (Fsp3) is 0.188. The second kappa shape index (κ2) is 8.34. The van der Waals surface area contributed by atoms with Crippen LogP contribution in [0.2, 0.25) is 5.02 Å². The van der Waals surface area contributed by atoms with E-state index in [1.54, 1.807) is 0 Å². The van der Waals surface area contributed by atoms with Gasteiger partial charge in [-0.2, -0.15) is 0 Å². The Morgan fingerprint density at radius 1 is 1.25 bits per heavy atom. The van der Waals surface area contributed by atoms with Gasteiger partial charge in [-0.05, 0) is 6.07 Å². The summed E-state index contributed by atoms with van der Waals surface area (Å²) in [5.41, 5.74) is 0. The lowest BCUT2D eigenvalue weighted by atomic mass is 10.2. The predicted molar refractivity (Wildman–Crippen MR) is 92.0 cm³/mol. The first-order valence-corrected chi connectivity index (χ1v) is 8.03. The number of benzene rings is 1. The van der Waals surface area contributed by atoms with Gasteiger partial charge in [0.1, 0.15) is 11.4 Å². The third-order valence-corrected chi connectivity index (χ3v) is 4.56. The Balaban J connectivity index is 1.86. The molecule has 1 aromatic carbocycles. The molecular weight excluding hydrogens is 352 g/mol. The van der Waals surface area contributed by atoms with Crippen LogP contribution in [0.15, 0.2) is 24.3 Å². The summed E-state index contributed by atoms with van der Waals surface area (Å²) < 4.78 is 5.59. The van der Waals surface area contributed by atoms with Gasteiger partial charge in [0.15, 0.2) is 6.61 Å². The first-order valence-electron chi connectivity index (χ1n) is 6.84. The lowest BCUT2D eigenvalue weighted by molar-refractivity contribution is -0.147. The molecule has 8 heteroatoms. The fourth-order valence-corrected chi connectivity index (χ4v) is 3.22. The van der Waals surface area contributed by atoms with Crippen molar-refractivity contribution in [3.8, 4) is 12.3 Å². The molecule has 0 radical (unpaired) electrons. The van der Waals surface area contributed by atoms with Crippen LogP contribution in [0, 0.1) is 12.3 Å². The third-order valence-electron chi connectivity index (χ3n) is 2.89. The highest BCUT2D eigenvalue weighted by atomic mass is 35.5. The van der Waals surface area contributed by atoms with Crippen LogP contribution in [0.4, 0.5) is 0 Å². The number of ether oxygens (including phenoxy) is 1. The van der Waals surface area contributed by atoms with Crippen molar-refractivity contribution in [3.05, 3.63) is 34.2 Å². The Kier molecular flexibility index (Phi) is 6.18. The number of amides is 2. The molecule has 0 aliphatic carbocycles. The Morgan fingerprint density at radius 3 is 2.71 bits per heavy atom. The number of nitrogens with one attached hydrogen (secondary N) is 2. The van der Waals surface area contributed by atoms with E-state index in [0.29, 0.717) is 9.90 Å². The van der Waals surface area contributed by atoms with E-state index in [1.807, 2.05) is 24.3 Å². The van der Waals surface area contributed by atoms with E-state index in [9.17, 15) is 14.4 Å². The van der Waals surface area contributed by atoms with Crippen LogP contribution in [-0.4, -0.2) is 37.5 Å². The van der Waals surface area contributed by atoms with E-state index in [0.717, 1.165) is 10.1 Å². The van der Waals surface area contributed by atoms with Gasteiger partial charge in [0.05, 0.1) is 11.6 Å². The van der Waals surface area contributed by atoms with Crippen LogP contribution in [0.1, 0.15) is 9.67 Å². The first kappa shape index (κ1) is 17.8. The largest absolute Gasteiger partial charge is 0.454 e. The van der Waals surface area contributed by atoms with Crippen molar-refractivity contribution < 1.29 is 19.1 Å². The fourth-order valence-electron chi connectivity index (χ4n) is 1.79. The van der Waals surface area contributed by atoms with Crippen molar-refractivity contribution in [2.24, 2.45) is 0 Å². The summed E-state index contributed by atoms with van der Waals surface area (Å²) in [4.78, 5) is 35.2. The van der Waals surface area contributed by atoms with E-state index < -0.39 is 24.4 Å². The zero-order valence-corrected chi connectivity index (χ0v) is 14.0. The van der Waals surface area contributed by atoms with Crippen LogP contribution in [-0.2, 0) is 14.3 Å². The minimum atomic E-state index is -0.739. The van der Waals surface area contributed by atoms with Gasteiger partial charge < -0.3 is 15.4 Å². The second-order valence-corrected chi connectivity index (χ2v) is 6.00. The Hall–Kier alpha value is -2.56. The molecule has 2 N–H and O–H groups in total. The molecule has 124 valence electrons. The van der Waals surface area contributed by atoms with Gasteiger partial charge in [0.25, 0.3) is 11.8 Å². The summed E-state index contributed by atoms with van der Waals surface area (Å²) in [7, 11) is 0. The highest BCUT2D eigenvalue weighted by Crippen LogP contribution is 2.34. The van der Waals surface area contributed by atoms with Gasteiger partial charge in [0.2, 0.25) is 0 Å². The minimum Gasteiger partial charge on any atom is -0.454 e. The number of halogens is 1. The number of carbonyl (C=O) groups is 3. The van der Waals surface area contributed by atoms with Crippen LogP contribution in [0.5, 0.6) is 0 Å². The maximum absolute atomic E-state index is 12.1. The van der Waals surface area contributed by atoms with Crippen molar-refractivity contribution >= 4 is 50.8 Å². The van der Waals surface area contributed by atoms with Gasteiger partial charge in [-0.25, -0.2) is 0 Å². The molecule has 1 aromatic heterocycles. The Morgan fingerprint density at radius 2 is 2.00 bits per heavy atom. The number of rotatable bonds is 6. The van der Waals surface area contributed by atoms with E-state index in [-0.39, 0.29) is 13.1 Å². The van der Waals surface area contributed by atoms with Gasteiger partial charge in [-0.3, -0.25) is 14.4 Å². The van der Waals surface area contributed by atoms with Crippen molar-refractivity contribution in [2.75, 3.05) is 19.7 Å². The number of hydrogen-bond donors (Lipinski definition) is 2. The van der Waals surface area contributed by atoms with Crippen LogP contribution >= 0.6 is 22.9 Å². The molecule has 2 aromatic rings. The minimum absolute atomic E-state index is 0.0531. The molecule has 0 unspecified atom stereocenters. The Bertz CT molecular complexity index is 825. The Labute approximate surface area is 147 Å².